The summed E-state index contributed by atoms with van der Waals surface area (Å²) in [7, 11) is 0. The molecule has 0 aliphatic carbocycles. The van der Waals surface area contributed by atoms with E-state index >= 15 is 0 Å². The van der Waals surface area contributed by atoms with Gasteiger partial charge in [-0.05, 0) is 18.1 Å². The average molecular weight is 193 g/mol. The van der Waals surface area contributed by atoms with E-state index in [4.69, 9.17) is 10.8 Å². The van der Waals surface area contributed by atoms with Gasteiger partial charge in [0, 0.05) is 5.56 Å². The summed E-state index contributed by atoms with van der Waals surface area (Å²) in [5.74, 6) is -1.04. The molecular formula is C10H11NO3. The predicted molar refractivity (Wildman–Crippen MR) is 51.1 cm³/mol. The number of carbonyl (C=O) groups excluding carboxylic acids is 1. The van der Waals surface area contributed by atoms with Crippen molar-refractivity contribution < 1.29 is 14.7 Å². The molecule has 1 atom stereocenters. The molecule has 0 radical (unpaired) electrons. The third-order valence-electron chi connectivity index (χ3n) is 1.86. The van der Waals surface area contributed by atoms with Crippen molar-refractivity contribution in [3.63, 3.8) is 0 Å². The van der Waals surface area contributed by atoms with Gasteiger partial charge in [0.15, 0.2) is 0 Å². The molecule has 0 heterocycles. The van der Waals surface area contributed by atoms with E-state index < -0.39 is 12.0 Å². The molecule has 14 heavy (non-hydrogen) atoms. The lowest BCUT2D eigenvalue weighted by atomic mass is 10.0. The Labute approximate surface area is 81.3 Å². The number of hydrogen-bond donors (Lipinski definition) is 2. The van der Waals surface area contributed by atoms with Gasteiger partial charge in [-0.15, -0.1) is 0 Å². The first kappa shape index (κ1) is 10.4. The molecule has 1 aromatic carbocycles. The maximum atomic E-state index is 10.5. The van der Waals surface area contributed by atoms with E-state index in [0.717, 1.165) is 11.8 Å². The van der Waals surface area contributed by atoms with E-state index in [1.165, 1.54) is 0 Å². The molecule has 4 heteroatoms. The van der Waals surface area contributed by atoms with Crippen LogP contribution in [-0.4, -0.2) is 23.4 Å². The molecule has 1 rings (SSSR count). The highest BCUT2D eigenvalue weighted by Gasteiger charge is 2.11. The summed E-state index contributed by atoms with van der Waals surface area (Å²) in [5.41, 5.74) is 6.63. The van der Waals surface area contributed by atoms with E-state index in [0.29, 0.717) is 5.56 Å². The van der Waals surface area contributed by atoms with Gasteiger partial charge in [-0.25, -0.2) is 0 Å². The third kappa shape index (κ3) is 2.67. The molecule has 0 bridgehead atoms. The Kier molecular flexibility index (Phi) is 3.36. The molecule has 0 aliphatic heterocycles. The number of rotatable bonds is 4. The van der Waals surface area contributed by atoms with Crippen molar-refractivity contribution in [2.45, 2.75) is 12.5 Å². The summed E-state index contributed by atoms with van der Waals surface area (Å²) in [4.78, 5) is 20.9. The van der Waals surface area contributed by atoms with Gasteiger partial charge in [-0.3, -0.25) is 9.59 Å². The van der Waals surface area contributed by atoms with Crippen LogP contribution in [0.4, 0.5) is 0 Å². The largest absolute Gasteiger partial charge is 0.480 e. The van der Waals surface area contributed by atoms with Gasteiger partial charge < -0.3 is 10.8 Å². The first-order valence-corrected chi connectivity index (χ1v) is 4.16. The lowest BCUT2D eigenvalue weighted by molar-refractivity contribution is -0.138. The summed E-state index contributed by atoms with van der Waals surface area (Å²) in [6.07, 6.45) is 0.951. The molecule has 3 N–H and O–H groups in total. The van der Waals surface area contributed by atoms with Gasteiger partial charge >= 0.3 is 5.97 Å². The molecular weight excluding hydrogens is 182 g/mol. The summed E-state index contributed by atoms with van der Waals surface area (Å²) < 4.78 is 0. The SMILES string of the molecule is NC(Cc1cccc(C=O)c1)C(=O)O. The highest BCUT2D eigenvalue weighted by molar-refractivity contribution is 5.76. The molecule has 1 unspecified atom stereocenters. The second-order valence-electron chi connectivity index (χ2n) is 3.01. The average Bonchev–Trinajstić information content (AvgIpc) is 2.18. The minimum Gasteiger partial charge on any atom is -0.480 e. The van der Waals surface area contributed by atoms with Gasteiger partial charge in [-0.1, -0.05) is 18.2 Å². The lowest BCUT2D eigenvalue weighted by Gasteiger charge is -2.06. The van der Waals surface area contributed by atoms with Crippen molar-refractivity contribution in [1.29, 1.82) is 0 Å². The standard InChI is InChI=1S/C10H11NO3/c11-9(10(13)14)5-7-2-1-3-8(4-7)6-12/h1-4,6,9H,5,11H2,(H,13,14). The monoisotopic (exact) mass is 193 g/mol. The summed E-state index contributed by atoms with van der Waals surface area (Å²) in [6, 6.07) is 5.82. The number of aldehydes is 1. The minimum absolute atomic E-state index is 0.233. The van der Waals surface area contributed by atoms with Crippen molar-refractivity contribution in [1.82, 2.24) is 0 Å². The van der Waals surface area contributed by atoms with Crippen molar-refractivity contribution in [2.75, 3.05) is 0 Å². The molecule has 4 nitrogen and oxygen atoms in total. The molecule has 0 saturated heterocycles. The van der Waals surface area contributed by atoms with Crippen LogP contribution in [0.3, 0.4) is 0 Å². The number of carboxylic acids is 1. The molecule has 0 aliphatic rings. The molecule has 0 aromatic heterocycles. The Bertz CT molecular complexity index is 349. The summed E-state index contributed by atoms with van der Waals surface area (Å²) in [5, 5.41) is 8.58. The molecule has 0 fully saturated rings. The Balaban J connectivity index is 2.76. The lowest BCUT2D eigenvalue weighted by Crippen LogP contribution is -2.32. The zero-order valence-electron chi connectivity index (χ0n) is 7.51. The molecule has 74 valence electrons. The fourth-order valence-corrected chi connectivity index (χ4v) is 1.13. The van der Waals surface area contributed by atoms with Crippen molar-refractivity contribution >= 4 is 12.3 Å². The van der Waals surface area contributed by atoms with E-state index in [1.807, 2.05) is 0 Å². The number of carbonyl (C=O) groups is 2. The van der Waals surface area contributed by atoms with Crippen LogP contribution in [0.15, 0.2) is 24.3 Å². The number of benzene rings is 1. The zero-order valence-corrected chi connectivity index (χ0v) is 7.51. The quantitative estimate of drug-likeness (QED) is 0.680. The van der Waals surface area contributed by atoms with Crippen molar-refractivity contribution in [3.8, 4) is 0 Å². The Morgan fingerprint density at radius 2 is 2.29 bits per heavy atom. The van der Waals surface area contributed by atoms with Gasteiger partial charge in [0.25, 0.3) is 0 Å². The van der Waals surface area contributed by atoms with Crippen LogP contribution in [0, 0.1) is 0 Å². The third-order valence-corrected chi connectivity index (χ3v) is 1.86. The van der Waals surface area contributed by atoms with Crippen molar-refractivity contribution in [3.05, 3.63) is 35.4 Å². The van der Waals surface area contributed by atoms with Crippen LogP contribution in [0.2, 0.25) is 0 Å². The topological polar surface area (TPSA) is 80.4 Å². The van der Waals surface area contributed by atoms with Gasteiger partial charge in [0.1, 0.15) is 12.3 Å². The Morgan fingerprint density at radius 3 is 2.86 bits per heavy atom. The molecule has 0 saturated carbocycles. The fourth-order valence-electron chi connectivity index (χ4n) is 1.13. The Hall–Kier alpha value is -1.68. The van der Waals surface area contributed by atoms with Crippen LogP contribution in [0.25, 0.3) is 0 Å². The number of carboxylic acid groups (broad SMARTS) is 1. The molecule has 0 amide bonds. The van der Waals surface area contributed by atoms with Crippen LogP contribution < -0.4 is 5.73 Å². The van der Waals surface area contributed by atoms with Gasteiger partial charge in [0.2, 0.25) is 0 Å². The van der Waals surface area contributed by atoms with Crippen LogP contribution in [0.1, 0.15) is 15.9 Å². The van der Waals surface area contributed by atoms with Crippen LogP contribution in [-0.2, 0) is 11.2 Å². The first-order valence-electron chi connectivity index (χ1n) is 4.16. The smallest absolute Gasteiger partial charge is 0.320 e. The summed E-state index contributed by atoms with van der Waals surface area (Å²) in [6.45, 7) is 0. The van der Waals surface area contributed by atoms with E-state index in [-0.39, 0.29) is 6.42 Å². The van der Waals surface area contributed by atoms with Gasteiger partial charge in [-0.2, -0.15) is 0 Å². The zero-order chi connectivity index (χ0) is 10.6. The van der Waals surface area contributed by atoms with E-state index in [9.17, 15) is 9.59 Å². The molecule has 1 aromatic rings. The second kappa shape index (κ2) is 4.53. The van der Waals surface area contributed by atoms with Gasteiger partial charge in [0.05, 0.1) is 0 Å². The van der Waals surface area contributed by atoms with E-state index in [1.54, 1.807) is 24.3 Å². The maximum absolute atomic E-state index is 10.5. The highest BCUT2D eigenvalue weighted by atomic mass is 16.4. The fraction of sp³-hybridized carbons (Fsp3) is 0.200. The number of hydrogen-bond acceptors (Lipinski definition) is 3. The number of aliphatic carboxylic acids is 1. The second-order valence-corrected chi connectivity index (χ2v) is 3.01. The summed E-state index contributed by atoms with van der Waals surface area (Å²) >= 11 is 0. The maximum Gasteiger partial charge on any atom is 0.320 e. The Morgan fingerprint density at radius 1 is 1.57 bits per heavy atom. The van der Waals surface area contributed by atoms with Crippen LogP contribution in [0.5, 0.6) is 0 Å². The first-order chi connectivity index (χ1) is 6.63. The van der Waals surface area contributed by atoms with Crippen LogP contribution >= 0.6 is 0 Å². The van der Waals surface area contributed by atoms with Crippen molar-refractivity contribution in [2.24, 2.45) is 5.73 Å². The normalized spacial score (nSPS) is 12.1. The minimum atomic E-state index is -1.04. The van der Waals surface area contributed by atoms with E-state index in [2.05, 4.69) is 0 Å². The predicted octanol–water partition coefficient (Wildman–Crippen LogP) is 0.453. The number of nitrogens with two attached hydrogens (primary N) is 1. The highest BCUT2D eigenvalue weighted by Crippen LogP contribution is 2.05. The molecule has 0 spiro atoms.